The average Bonchev–Trinajstić information content (AvgIpc) is 2.34. The Bertz CT molecular complexity index is 571. The maximum atomic E-state index is 11.0. The van der Waals surface area contributed by atoms with Gasteiger partial charge in [0.15, 0.2) is 6.29 Å². The van der Waals surface area contributed by atoms with Crippen LogP contribution in [0.25, 0.3) is 0 Å². The van der Waals surface area contributed by atoms with Gasteiger partial charge in [-0.25, -0.2) is 0 Å². The highest BCUT2D eigenvalue weighted by atomic mass is 35.5. The summed E-state index contributed by atoms with van der Waals surface area (Å²) in [6, 6.07) is 11.1. The Labute approximate surface area is 111 Å². The third-order valence-corrected chi connectivity index (χ3v) is 3.08. The first kappa shape index (κ1) is 12.7. The fourth-order valence-electron chi connectivity index (χ4n) is 1.79. The Balaban J connectivity index is 2.46. The number of ether oxygens (including phenoxy) is 1. The average molecular weight is 261 g/mol. The quantitative estimate of drug-likeness (QED) is 0.756. The number of para-hydroxylation sites is 1. The van der Waals surface area contributed by atoms with E-state index in [1.807, 2.05) is 32.0 Å². The maximum absolute atomic E-state index is 11.0. The van der Waals surface area contributed by atoms with Crippen LogP contribution in [0.1, 0.15) is 21.5 Å². The van der Waals surface area contributed by atoms with Crippen LogP contribution in [-0.2, 0) is 0 Å². The lowest BCUT2D eigenvalue weighted by atomic mass is 10.1. The Morgan fingerprint density at radius 1 is 1.06 bits per heavy atom. The van der Waals surface area contributed by atoms with Crippen molar-refractivity contribution >= 4 is 17.9 Å². The molecule has 2 nitrogen and oxygen atoms in total. The third kappa shape index (κ3) is 2.39. The zero-order chi connectivity index (χ0) is 13.1. The van der Waals surface area contributed by atoms with Crippen LogP contribution in [0.5, 0.6) is 11.5 Å². The van der Waals surface area contributed by atoms with Crippen molar-refractivity contribution in [3.63, 3.8) is 0 Å². The molecule has 0 heterocycles. The molecule has 0 saturated carbocycles. The van der Waals surface area contributed by atoms with Gasteiger partial charge in [-0.05, 0) is 37.1 Å². The van der Waals surface area contributed by atoms with Crippen molar-refractivity contribution in [1.82, 2.24) is 0 Å². The van der Waals surface area contributed by atoms with Crippen LogP contribution in [-0.4, -0.2) is 6.29 Å². The van der Waals surface area contributed by atoms with E-state index in [0.717, 1.165) is 16.9 Å². The minimum absolute atomic E-state index is 0.377. The fraction of sp³-hybridized carbons (Fsp3) is 0.133. The van der Waals surface area contributed by atoms with Gasteiger partial charge >= 0.3 is 0 Å². The number of hydrogen-bond acceptors (Lipinski definition) is 2. The zero-order valence-electron chi connectivity index (χ0n) is 10.2. The van der Waals surface area contributed by atoms with Crippen LogP contribution < -0.4 is 4.74 Å². The molecule has 0 spiro atoms. The first-order valence-electron chi connectivity index (χ1n) is 5.61. The molecule has 2 aromatic rings. The topological polar surface area (TPSA) is 26.3 Å². The number of carbonyl (C=O) groups is 1. The van der Waals surface area contributed by atoms with E-state index in [4.69, 9.17) is 16.3 Å². The van der Waals surface area contributed by atoms with E-state index in [-0.39, 0.29) is 0 Å². The molecule has 2 rings (SSSR count). The molecule has 0 bridgehead atoms. The monoisotopic (exact) mass is 260 g/mol. The van der Waals surface area contributed by atoms with Gasteiger partial charge in [-0.2, -0.15) is 0 Å². The first-order chi connectivity index (χ1) is 8.63. The van der Waals surface area contributed by atoms with E-state index in [1.165, 1.54) is 0 Å². The second-order valence-electron chi connectivity index (χ2n) is 4.09. The lowest BCUT2D eigenvalue weighted by Gasteiger charge is -2.13. The summed E-state index contributed by atoms with van der Waals surface area (Å²) >= 11 is 5.96. The lowest BCUT2D eigenvalue weighted by Crippen LogP contribution is -1.95. The van der Waals surface area contributed by atoms with E-state index in [2.05, 4.69) is 0 Å². The molecule has 0 radical (unpaired) electrons. The largest absolute Gasteiger partial charge is 0.456 e. The summed E-state index contributed by atoms with van der Waals surface area (Å²) in [5.74, 6) is 1.25. The molecule has 0 aliphatic heterocycles. The molecule has 0 aromatic heterocycles. The van der Waals surface area contributed by atoms with Gasteiger partial charge in [-0.1, -0.05) is 35.9 Å². The standard InChI is InChI=1S/C15H13ClO2/c1-10-5-3-6-11(2)15(10)18-14-8-4-7-13(16)12(14)9-17/h3-9H,1-2H3. The molecule has 0 N–H and O–H groups in total. The molecule has 0 saturated heterocycles. The molecule has 92 valence electrons. The summed E-state index contributed by atoms with van der Waals surface area (Å²) in [7, 11) is 0. The minimum atomic E-state index is 0.377. The van der Waals surface area contributed by atoms with Crippen LogP contribution in [0.4, 0.5) is 0 Å². The van der Waals surface area contributed by atoms with Gasteiger partial charge in [0.2, 0.25) is 0 Å². The first-order valence-corrected chi connectivity index (χ1v) is 5.99. The highest BCUT2D eigenvalue weighted by Gasteiger charge is 2.10. The molecule has 0 aliphatic carbocycles. The number of rotatable bonds is 3. The Kier molecular flexibility index (Phi) is 3.68. The summed E-state index contributed by atoms with van der Waals surface area (Å²) in [5.41, 5.74) is 2.42. The van der Waals surface area contributed by atoms with Crippen LogP contribution >= 0.6 is 11.6 Å². The predicted molar refractivity (Wildman–Crippen MR) is 72.8 cm³/mol. The van der Waals surface area contributed by atoms with Crippen molar-refractivity contribution in [2.45, 2.75) is 13.8 Å². The highest BCUT2D eigenvalue weighted by Crippen LogP contribution is 2.32. The number of aryl methyl sites for hydroxylation is 2. The van der Waals surface area contributed by atoms with Crippen LogP contribution in [0.2, 0.25) is 5.02 Å². The molecule has 3 heteroatoms. The van der Waals surface area contributed by atoms with Crippen molar-refractivity contribution in [3.8, 4) is 11.5 Å². The number of halogens is 1. The Hall–Kier alpha value is -1.80. The molecule has 2 aromatic carbocycles. The van der Waals surface area contributed by atoms with Gasteiger partial charge in [-0.3, -0.25) is 4.79 Å². The second kappa shape index (κ2) is 5.23. The predicted octanol–water partition coefficient (Wildman–Crippen LogP) is 4.56. The van der Waals surface area contributed by atoms with E-state index in [9.17, 15) is 4.79 Å². The molecule has 0 atom stereocenters. The van der Waals surface area contributed by atoms with E-state index in [0.29, 0.717) is 22.6 Å². The smallest absolute Gasteiger partial charge is 0.155 e. The highest BCUT2D eigenvalue weighted by molar-refractivity contribution is 6.33. The van der Waals surface area contributed by atoms with E-state index >= 15 is 0 Å². The van der Waals surface area contributed by atoms with Crippen LogP contribution in [0.15, 0.2) is 36.4 Å². The van der Waals surface area contributed by atoms with Crippen molar-refractivity contribution in [1.29, 1.82) is 0 Å². The Morgan fingerprint density at radius 2 is 1.67 bits per heavy atom. The lowest BCUT2D eigenvalue weighted by molar-refractivity contribution is 0.112. The fourth-order valence-corrected chi connectivity index (χ4v) is 2.00. The van der Waals surface area contributed by atoms with Crippen molar-refractivity contribution in [2.24, 2.45) is 0 Å². The van der Waals surface area contributed by atoms with Crippen LogP contribution in [0, 0.1) is 13.8 Å². The summed E-state index contributed by atoms with van der Waals surface area (Å²) in [4.78, 5) is 11.0. The number of benzene rings is 2. The van der Waals surface area contributed by atoms with Gasteiger partial charge < -0.3 is 4.74 Å². The van der Waals surface area contributed by atoms with E-state index in [1.54, 1.807) is 18.2 Å². The summed E-state index contributed by atoms with van der Waals surface area (Å²) < 4.78 is 5.83. The van der Waals surface area contributed by atoms with Gasteiger partial charge in [-0.15, -0.1) is 0 Å². The van der Waals surface area contributed by atoms with Gasteiger partial charge in [0.25, 0.3) is 0 Å². The molecular weight excluding hydrogens is 248 g/mol. The molecular formula is C15H13ClO2. The molecule has 0 fully saturated rings. The summed E-state index contributed by atoms with van der Waals surface area (Å²) in [6.07, 6.45) is 0.714. The number of hydrogen-bond donors (Lipinski definition) is 0. The summed E-state index contributed by atoms with van der Waals surface area (Å²) in [5, 5.41) is 0.397. The zero-order valence-corrected chi connectivity index (χ0v) is 11.0. The van der Waals surface area contributed by atoms with Gasteiger partial charge in [0.1, 0.15) is 11.5 Å². The third-order valence-electron chi connectivity index (χ3n) is 2.75. The summed E-state index contributed by atoms with van der Waals surface area (Å²) in [6.45, 7) is 3.93. The molecule has 18 heavy (non-hydrogen) atoms. The minimum Gasteiger partial charge on any atom is -0.456 e. The number of aldehydes is 1. The SMILES string of the molecule is Cc1cccc(C)c1Oc1cccc(Cl)c1C=O. The maximum Gasteiger partial charge on any atom is 0.155 e. The Morgan fingerprint density at radius 3 is 2.28 bits per heavy atom. The normalized spacial score (nSPS) is 10.2. The van der Waals surface area contributed by atoms with Gasteiger partial charge in [0.05, 0.1) is 10.6 Å². The van der Waals surface area contributed by atoms with Crippen molar-refractivity contribution in [2.75, 3.05) is 0 Å². The van der Waals surface area contributed by atoms with Crippen molar-refractivity contribution < 1.29 is 9.53 Å². The van der Waals surface area contributed by atoms with Gasteiger partial charge in [0, 0.05) is 0 Å². The van der Waals surface area contributed by atoms with Crippen molar-refractivity contribution in [3.05, 3.63) is 58.1 Å². The molecule has 0 amide bonds. The van der Waals surface area contributed by atoms with E-state index < -0.39 is 0 Å². The van der Waals surface area contributed by atoms with Crippen LogP contribution in [0.3, 0.4) is 0 Å². The molecule has 0 aliphatic rings. The molecule has 0 unspecified atom stereocenters. The second-order valence-corrected chi connectivity index (χ2v) is 4.50. The number of carbonyl (C=O) groups excluding carboxylic acids is 1.